The first-order valence-electron chi connectivity index (χ1n) is 7.98. The summed E-state index contributed by atoms with van der Waals surface area (Å²) in [6.07, 6.45) is 7.60. The number of ether oxygens (including phenoxy) is 1. The zero-order valence-electron chi connectivity index (χ0n) is 11.7. The molecule has 3 saturated carbocycles. The zero-order valence-corrected chi connectivity index (χ0v) is 11.7. The Hall–Kier alpha value is -1.31. The fraction of sp³-hybridized carbons (Fsp3) is 0.611. The number of cyclic esters (lactones) is 1. The van der Waals surface area contributed by atoms with Gasteiger partial charge in [-0.3, -0.25) is 4.79 Å². The average Bonchev–Trinajstić information content (AvgIpc) is 2.93. The van der Waals surface area contributed by atoms with Gasteiger partial charge in [-0.05, 0) is 42.6 Å². The molecule has 1 saturated heterocycles. The number of carbonyl (C=O) groups is 1. The molecule has 0 amide bonds. The lowest BCUT2D eigenvalue weighted by atomic mass is 9.69. The van der Waals surface area contributed by atoms with Crippen LogP contribution in [0.25, 0.3) is 0 Å². The van der Waals surface area contributed by atoms with Gasteiger partial charge in [0.25, 0.3) is 0 Å². The molecule has 104 valence electrons. The first kappa shape index (κ1) is 11.4. The molecule has 3 aliphatic carbocycles. The number of rotatable bonds is 1. The van der Waals surface area contributed by atoms with Gasteiger partial charge in [0.1, 0.15) is 5.41 Å². The summed E-state index contributed by atoms with van der Waals surface area (Å²) < 4.78 is 5.63. The highest BCUT2D eigenvalue weighted by Crippen LogP contribution is 2.87. The molecule has 0 radical (unpaired) electrons. The molecule has 1 aromatic rings. The Morgan fingerprint density at radius 2 is 2.00 bits per heavy atom. The van der Waals surface area contributed by atoms with Crippen LogP contribution in [0.5, 0.6) is 0 Å². The predicted octanol–water partition coefficient (Wildman–Crippen LogP) is 3.45. The van der Waals surface area contributed by atoms with Crippen molar-refractivity contribution in [2.75, 3.05) is 6.61 Å². The normalized spacial score (nSPS) is 48.2. The van der Waals surface area contributed by atoms with Gasteiger partial charge in [0, 0.05) is 5.41 Å². The first-order valence-corrected chi connectivity index (χ1v) is 7.98. The smallest absolute Gasteiger partial charge is 0.317 e. The summed E-state index contributed by atoms with van der Waals surface area (Å²) in [5.74, 6) is 0.819. The zero-order chi connectivity index (χ0) is 13.4. The summed E-state index contributed by atoms with van der Waals surface area (Å²) in [5.41, 5.74) is 1.48. The maximum atomic E-state index is 12.7. The van der Waals surface area contributed by atoms with E-state index in [1.54, 1.807) is 0 Å². The molecule has 2 heteroatoms. The van der Waals surface area contributed by atoms with E-state index in [1.807, 2.05) is 6.07 Å². The van der Waals surface area contributed by atoms with Crippen LogP contribution >= 0.6 is 0 Å². The SMILES string of the molecule is O=C1OC[C@@]23CC24CCCC[C@@H]4C[C@@]13c1ccccc1. The third-order valence-electron chi connectivity index (χ3n) is 7.09. The minimum absolute atomic E-state index is 0.0648. The van der Waals surface area contributed by atoms with Gasteiger partial charge in [-0.2, -0.15) is 0 Å². The Labute approximate surface area is 119 Å². The molecule has 4 fully saturated rings. The fourth-order valence-corrected chi connectivity index (χ4v) is 6.25. The standard InChI is InChI=1S/C18H20O2/c19-15-18(13-6-2-1-3-7-13)10-14-8-4-5-9-16(14)11-17(16,18)12-20-15/h1-3,6-7,14H,4-5,8-12H2/t14-,16?,17+,18-/m1/s1. The summed E-state index contributed by atoms with van der Waals surface area (Å²) in [5, 5.41) is 0. The lowest BCUT2D eigenvalue weighted by Crippen LogP contribution is -2.37. The molecule has 2 nitrogen and oxygen atoms in total. The summed E-state index contributed by atoms with van der Waals surface area (Å²) in [6, 6.07) is 10.5. The minimum Gasteiger partial charge on any atom is -0.464 e. The maximum absolute atomic E-state index is 12.7. The molecule has 4 atom stereocenters. The molecule has 1 aromatic carbocycles. The van der Waals surface area contributed by atoms with E-state index < -0.39 is 0 Å². The van der Waals surface area contributed by atoms with Crippen molar-refractivity contribution in [2.24, 2.45) is 16.7 Å². The van der Waals surface area contributed by atoms with Crippen molar-refractivity contribution in [2.45, 2.75) is 43.9 Å². The van der Waals surface area contributed by atoms with E-state index in [9.17, 15) is 4.79 Å². The van der Waals surface area contributed by atoms with Gasteiger partial charge in [0.05, 0.1) is 6.61 Å². The number of esters is 1. The van der Waals surface area contributed by atoms with E-state index in [0.717, 1.165) is 12.3 Å². The largest absolute Gasteiger partial charge is 0.464 e. The Morgan fingerprint density at radius 3 is 2.85 bits per heavy atom. The Bertz CT molecular complexity index is 595. The van der Waals surface area contributed by atoms with Crippen molar-refractivity contribution in [3.05, 3.63) is 35.9 Å². The van der Waals surface area contributed by atoms with Crippen LogP contribution in [0.3, 0.4) is 0 Å². The molecule has 0 N–H and O–H groups in total. The van der Waals surface area contributed by atoms with Crippen molar-refractivity contribution in [3.63, 3.8) is 0 Å². The van der Waals surface area contributed by atoms with Crippen LogP contribution in [0.1, 0.15) is 44.1 Å². The predicted molar refractivity (Wildman–Crippen MR) is 75.1 cm³/mol. The molecule has 4 aliphatic rings. The monoisotopic (exact) mass is 268 g/mol. The molecule has 1 aliphatic heterocycles. The summed E-state index contributed by atoms with van der Waals surface area (Å²) in [7, 11) is 0. The second-order valence-corrected chi connectivity index (χ2v) is 7.41. The van der Waals surface area contributed by atoms with Gasteiger partial charge in [0.15, 0.2) is 0 Å². The molecular weight excluding hydrogens is 248 g/mol. The molecule has 0 aromatic heterocycles. The molecule has 5 rings (SSSR count). The van der Waals surface area contributed by atoms with E-state index in [4.69, 9.17) is 4.74 Å². The van der Waals surface area contributed by atoms with Crippen LogP contribution in [0.2, 0.25) is 0 Å². The van der Waals surface area contributed by atoms with Crippen molar-refractivity contribution >= 4 is 5.97 Å². The lowest BCUT2D eigenvalue weighted by Gasteiger charge is -2.30. The van der Waals surface area contributed by atoms with Crippen LogP contribution in [0.15, 0.2) is 30.3 Å². The van der Waals surface area contributed by atoms with Crippen molar-refractivity contribution in [1.29, 1.82) is 0 Å². The topological polar surface area (TPSA) is 26.3 Å². The minimum atomic E-state index is -0.316. The van der Waals surface area contributed by atoms with E-state index in [-0.39, 0.29) is 16.8 Å². The molecule has 20 heavy (non-hydrogen) atoms. The lowest BCUT2D eigenvalue weighted by molar-refractivity contribution is -0.143. The average molecular weight is 268 g/mol. The highest BCUT2D eigenvalue weighted by Gasteiger charge is 2.87. The van der Waals surface area contributed by atoms with E-state index in [0.29, 0.717) is 12.0 Å². The van der Waals surface area contributed by atoms with E-state index >= 15 is 0 Å². The number of hydrogen-bond acceptors (Lipinski definition) is 2. The van der Waals surface area contributed by atoms with Crippen molar-refractivity contribution in [3.8, 4) is 0 Å². The van der Waals surface area contributed by atoms with Crippen LogP contribution in [-0.4, -0.2) is 12.6 Å². The Morgan fingerprint density at radius 1 is 1.15 bits per heavy atom. The Kier molecular flexibility index (Phi) is 1.87. The first-order chi connectivity index (χ1) is 9.75. The van der Waals surface area contributed by atoms with Crippen LogP contribution in [-0.2, 0) is 14.9 Å². The van der Waals surface area contributed by atoms with Gasteiger partial charge in [0.2, 0.25) is 0 Å². The summed E-state index contributed by atoms with van der Waals surface area (Å²) in [4.78, 5) is 12.7. The van der Waals surface area contributed by atoms with Gasteiger partial charge >= 0.3 is 5.97 Å². The van der Waals surface area contributed by atoms with E-state index in [2.05, 4.69) is 24.3 Å². The van der Waals surface area contributed by atoms with Crippen molar-refractivity contribution in [1.82, 2.24) is 0 Å². The number of benzene rings is 1. The van der Waals surface area contributed by atoms with Crippen molar-refractivity contribution < 1.29 is 9.53 Å². The number of carbonyl (C=O) groups excluding carboxylic acids is 1. The molecule has 2 spiro atoms. The number of hydrogen-bond donors (Lipinski definition) is 0. The second kappa shape index (κ2) is 3.29. The van der Waals surface area contributed by atoms with E-state index in [1.165, 1.54) is 37.7 Å². The quantitative estimate of drug-likeness (QED) is 0.729. The highest BCUT2D eigenvalue weighted by atomic mass is 16.5. The second-order valence-electron chi connectivity index (χ2n) is 7.41. The van der Waals surface area contributed by atoms with Gasteiger partial charge < -0.3 is 4.74 Å². The van der Waals surface area contributed by atoms with Gasteiger partial charge in [-0.1, -0.05) is 43.2 Å². The Balaban J connectivity index is 1.72. The maximum Gasteiger partial charge on any atom is 0.317 e. The molecule has 0 bridgehead atoms. The third-order valence-corrected chi connectivity index (χ3v) is 7.09. The molecule has 1 unspecified atom stereocenters. The van der Waals surface area contributed by atoms with Gasteiger partial charge in [-0.15, -0.1) is 0 Å². The fourth-order valence-electron chi connectivity index (χ4n) is 6.25. The molecule has 1 heterocycles. The van der Waals surface area contributed by atoms with Crippen LogP contribution in [0, 0.1) is 16.7 Å². The van der Waals surface area contributed by atoms with Crippen LogP contribution in [0.4, 0.5) is 0 Å². The third kappa shape index (κ3) is 0.952. The summed E-state index contributed by atoms with van der Waals surface area (Å²) in [6.45, 7) is 0.678. The van der Waals surface area contributed by atoms with Gasteiger partial charge in [-0.25, -0.2) is 0 Å². The highest BCUT2D eigenvalue weighted by molar-refractivity contribution is 5.89. The molecular formula is C18H20O2. The summed E-state index contributed by atoms with van der Waals surface area (Å²) >= 11 is 0. The van der Waals surface area contributed by atoms with Crippen LogP contribution < -0.4 is 0 Å².